The van der Waals surface area contributed by atoms with E-state index < -0.39 is 0 Å². The van der Waals surface area contributed by atoms with Crippen molar-refractivity contribution in [1.29, 1.82) is 0 Å². The molecule has 14 heavy (non-hydrogen) atoms. The molecular weight excluding hydrogens is 182 g/mol. The number of hydrogen-bond acceptors (Lipinski definition) is 4. The van der Waals surface area contributed by atoms with E-state index in [1.165, 1.54) is 0 Å². The second-order valence-corrected chi connectivity index (χ2v) is 3.32. The molecule has 0 saturated carbocycles. The van der Waals surface area contributed by atoms with E-state index in [1.54, 1.807) is 21.1 Å². The molecule has 0 heterocycles. The quantitative estimate of drug-likeness (QED) is 0.513. The van der Waals surface area contributed by atoms with Crippen molar-refractivity contribution in [3.05, 3.63) is 0 Å². The number of ketones is 1. The molecule has 84 valence electrons. The van der Waals surface area contributed by atoms with Crippen molar-refractivity contribution in [3.63, 3.8) is 0 Å². The van der Waals surface area contributed by atoms with Crippen molar-refractivity contribution in [2.24, 2.45) is 0 Å². The van der Waals surface area contributed by atoms with E-state index in [9.17, 15) is 4.79 Å². The third-order valence-corrected chi connectivity index (χ3v) is 1.88. The summed E-state index contributed by atoms with van der Waals surface area (Å²) < 4.78 is 9.93. The molecule has 0 unspecified atom stereocenters. The fourth-order valence-corrected chi connectivity index (χ4v) is 1.24. The van der Waals surface area contributed by atoms with Crippen molar-refractivity contribution >= 4 is 5.78 Å². The van der Waals surface area contributed by atoms with Crippen LogP contribution in [0.25, 0.3) is 0 Å². The molecule has 0 aliphatic heterocycles. The molecule has 0 aliphatic rings. The maximum absolute atomic E-state index is 10.9. The van der Waals surface area contributed by atoms with Gasteiger partial charge in [-0.25, -0.2) is 0 Å². The zero-order valence-corrected chi connectivity index (χ0v) is 9.41. The van der Waals surface area contributed by atoms with Crippen LogP contribution in [0.5, 0.6) is 0 Å². The number of ether oxygens (including phenoxy) is 2. The van der Waals surface area contributed by atoms with Gasteiger partial charge in [0.2, 0.25) is 0 Å². The van der Waals surface area contributed by atoms with Crippen LogP contribution in [-0.4, -0.2) is 57.8 Å². The zero-order valence-electron chi connectivity index (χ0n) is 9.41. The molecule has 0 aromatic carbocycles. The first kappa shape index (κ1) is 13.5. The summed E-state index contributed by atoms with van der Waals surface area (Å²) in [5.41, 5.74) is 0. The van der Waals surface area contributed by atoms with Gasteiger partial charge in [-0.1, -0.05) is 0 Å². The van der Waals surface area contributed by atoms with Gasteiger partial charge in [0.25, 0.3) is 0 Å². The topological polar surface area (TPSA) is 38.8 Å². The molecule has 0 N–H and O–H groups in total. The highest BCUT2D eigenvalue weighted by atomic mass is 16.5. The summed E-state index contributed by atoms with van der Waals surface area (Å²) in [6.45, 7) is 5.21. The Kier molecular flexibility index (Phi) is 8.83. The fourth-order valence-electron chi connectivity index (χ4n) is 1.24. The van der Waals surface area contributed by atoms with Crippen LogP contribution in [0.15, 0.2) is 0 Å². The molecule has 0 atom stereocenters. The summed E-state index contributed by atoms with van der Waals surface area (Å²) in [5, 5.41) is 0. The van der Waals surface area contributed by atoms with E-state index >= 15 is 0 Å². The van der Waals surface area contributed by atoms with Gasteiger partial charge in [-0.3, -0.25) is 9.69 Å². The highest BCUT2D eigenvalue weighted by Crippen LogP contribution is 1.93. The first-order valence-electron chi connectivity index (χ1n) is 4.90. The van der Waals surface area contributed by atoms with Gasteiger partial charge in [-0.15, -0.1) is 0 Å². The largest absolute Gasteiger partial charge is 0.385 e. The van der Waals surface area contributed by atoms with E-state index in [2.05, 4.69) is 4.90 Å². The summed E-state index contributed by atoms with van der Waals surface area (Å²) >= 11 is 0. The Morgan fingerprint density at radius 2 is 1.79 bits per heavy atom. The van der Waals surface area contributed by atoms with Crippen LogP contribution in [0.4, 0.5) is 0 Å². The third kappa shape index (κ3) is 8.16. The second kappa shape index (κ2) is 9.12. The van der Waals surface area contributed by atoms with Gasteiger partial charge >= 0.3 is 0 Å². The van der Waals surface area contributed by atoms with Crippen molar-refractivity contribution in [2.75, 3.05) is 47.1 Å². The van der Waals surface area contributed by atoms with Crippen LogP contribution >= 0.6 is 0 Å². The second-order valence-electron chi connectivity index (χ2n) is 3.32. The minimum Gasteiger partial charge on any atom is -0.385 e. The Hall–Kier alpha value is -0.450. The molecular formula is C10H21NO3. The van der Waals surface area contributed by atoms with Gasteiger partial charge in [-0.05, 0) is 13.3 Å². The van der Waals surface area contributed by atoms with E-state index in [1.807, 2.05) is 0 Å². The molecule has 0 saturated heterocycles. The molecule has 0 aromatic heterocycles. The number of rotatable bonds is 9. The number of methoxy groups -OCH3 is 2. The van der Waals surface area contributed by atoms with Crippen LogP contribution in [0.1, 0.15) is 13.3 Å². The lowest BCUT2D eigenvalue weighted by atomic mass is 10.3. The third-order valence-electron chi connectivity index (χ3n) is 1.88. The average molecular weight is 203 g/mol. The molecule has 0 aromatic rings. The monoisotopic (exact) mass is 203 g/mol. The number of carbonyl (C=O) groups excluding carboxylic acids is 1. The minimum absolute atomic E-state index is 0.193. The maximum Gasteiger partial charge on any atom is 0.143 e. The highest BCUT2D eigenvalue weighted by molar-refractivity contribution is 5.77. The van der Waals surface area contributed by atoms with E-state index in [0.717, 1.165) is 26.1 Å². The molecule has 0 fully saturated rings. The SMILES string of the molecule is COCCCN(CCOC)CC(C)=O. The Morgan fingerprint density at radius 3 is 2.29 bits per heavy atom. The van der Waals surface area contributed by atoms with Gasteiger partial charge < -0.3 is 9.47 Å². The molecule has 0 rings (SSSR count). The molecule has 0 amide bonds. The van der Waals surface area contributed by atoms with Gasteiger partial charge in [0.05, 0.1) is 13.2 Å². The normalized spacial score (nSPS) is 10.9. The van der Waals surface area contributed by atoms with Crippen molar-refractivity contribution < 1.29 is 14.3 Å². The molecule has 0 aliphatic carbocycles. The van der Waals surface area contributed by atoms with E-state index in [0.29, 0.717) is 13.2 Å². The predicted molar refractivity (Wildman–Crippen MR) is 55.5 cm³/mol. The van der Waals surface area contributed by atoms with Gasteiger partial charge in [0.1, 0.15) is 5.78 Å². The van der Waals surface area contributed by atoms with Crippen LogP contribution < -0.4 is 0 Å². The summed E-state index contributed by atoms with van der Waals surface area (Å²) in [4.78, 5) is 13.0. The summed E-state index contributed by atoms with van der Waals surface area (Å²) in [6.07, 6.45) is 0.952. The van der Waals surface area contributed by atoms with E-state index in [4.69, 9.17) is 9.47 Å². The lowest BCUT2D eigenvalue weighted by molar-refractivity contribution is -0.118. The van der Waals surface area contributed by atoms with Crippen molar-refractivity contribution in [3.8, 4) is 0 Å². The number of hydrogen-bond donors (Lipinski definition) is 0. The fraction of sp³-hybridized carbons (Fsp3) is 0.900. The lowest BCUT2D eigenvalue weighted by Gasteiger charge is -2.19. The molecule has 0 spiro atoms. The first-order chi connectivity index (χ1) is 6.70. The summed E-state index contributed by atoms with van der Waals surface area (Å²) in [7, 11) is 3.35. The Balaban J connectivity index is 3.66. The Labute approximate surface area is 86.2 Å². The predicted octanol–water partition coefficient (Wildman–Crippen LogP) is 0.560. The maximum atomic E-state index is 10.9. The van der Waals surface area contributed by atoms with E-state index in [-0.39, 0.29) is 5.78 Å². The number of Topliss-reactive ketones (excluding diaryl/α,β-unsaturated/α-hetero) is 1. The standard InChI is InChI=1S/C10H21NO3/c1-10(12)9-11(6-8-14-3)5-4-7-13-2/h4-9H2,1-3H3. The van der Waals surface area contributed by atoms with Gasteiger partial charge in [-0.2, -0.15) is 0 Å². The summed E-state index contributed by atoms with van der Waals surface area (Å²) in [5.74, 6) is 0.193. The number of nitrogens with zero attached hydrogens (tertiary/aromatic N) is 1. The van der Waals surface area contributed by atoms with Crippen LogP contribution in [0.2, 0.25) is 0 Å². The zero-order chi connectivity index (χ0) is 10.8. The van der Waals surface area contributed by atoms with Crippen molar-refractivity contribution in [1.82, 2.24) is 4.90 Å². The first-order valence-corrected chi connectivity index (χ1v) is 4.90. The molecule has 4 nitrogen and oxygen atoms in total. The lowest BCUT2D eigenvalue weighted by Crippen LogP contribution is -2.33. The van der Waals surface area contributed by atoms with Crippen LogP contribution in [-0.2, 0) is 14.3 Å². The highest BCUT2D eigenvalue weighted by Gasteiger charge is 2.06. The number of carbonyl (C=O) groups is 1. The van der Waals surface area contributed by atoms with Crippen LogP contribution in [0, 0.1) is 0 Å². The van der Waals surface area contributed by atoms with Crippen LogP contribution in [0.3, 0.4) is 0 Å². The summed E-state index contributed by atoms with van der Waals surface area (Å²) in [6, 6.07) is 0. The molecule has 0 radical (unpaired) electrons. The average Bonchev–Trinajstić information content (AvgIpc) is 2.13. The molecule has 0 bridgehead atoms. The smallest absolute Gasteiger partial charge is 0.143 e. The van der Waals surface area contributed by atoms with Gasteiger partial charge in [0.15, 0.2) is 0 Å². The molecule has 4 heteroatoms. The Morgan fingerprint density at radius 1 is 1.14 bits per heavy atom. The van der Waals surface area contributed by atoms with Crippen molar-refractivity contribution in [2.45, 2.75) is 13.3 Å². The Bertz CT molecular complexity index is 150. The minimum atomic E-state index is 0.193. The van der Waals surface area contributed by atoms with Gasteiger partial charge in [0, 0.05) is 33.9 Å².